The van der Waals surface area contributed by atoms with Crippen LogP contribution in [0.5, 0.6) is 5.88 Å². The van der Waals surface area contributed by atoms with Crippen molar-refractivity contribution in [1.82, 2.24) is 39.3 Å². The second kappa shape index (κ2) is 9.53. The molecule has 2 aliphatic rings. The Morgan fingerprint density at radius 2 is 1.71 bits per heavy atom. The highest BCUT2D eigenvalue weighted by Gasteiger charge is 2.36. The van der Waals surface area contributed by atoms with E-state index in [0.29, 0.717) is 42.0 Å². The van der Waals surface area contributed by atoms with Crippen molar-refractivity contribution in [2.24, 2.45) is 7.05 Å². The molecule has 2 aliphatic carbocycles. The van der Waals surface area contributed by atoms with E-state index in [-0.39, 0.29) is 18.0 Å². The summed E-state index contributed by atoms with van der Waals surface area (Å²) >= 11 is 0. The summed E-state index contributed by atoms with van der Waals surface area (Å²) < 4.78 is 78.1. The van der Waals surface area contributed by atoms with Crippen LogP contribution in [0.1, 0.15) is 53.5 Å². The molecule has 0 aliphatic heterocycles. The van der Waals surface area contributed by atoms with Gasteiger partial charge in [-0.25, -0.2) is 38.4 Å². The molecule has 1 fully saturated rings. The van der Waals surface area contributed by atoms with Crippen LogP contribution in [0.2, 0.25) is 0 Å². The number of imidazole rings is 1. The Balaban J connectivity index is 1.32. The summed E-state index contributed by atoms with van der Waals surface area (Å²) in [4.78, 5) is 21.9. The highest BCUT2D eigenvalue weighted by Crippen LogP contribution is 2.45. The SMILES string of the molecule is COc1ncnc(C2CC2)c1-c1nc2c3c(nn(Cc4cc(F)c(-c5nc(C(F)(F)F)cn5C)c(F)c4)c3n1)CCC2. The minimum absolute atomic E-state index is 0.0349. The Hall–Kier alpha value is -4.49. The number of alkyl halides is 3. The van der Waals surface area contributed by atoms with E-state index in [1.54, 1.807) is 4.68 Å². The molecule has 0 atom stereocenters. The van der Waals surface area contributed by atoms with Crippen molar-refractivity contribution in [3.05, 3.63) is 64.6 Å². The van der Waals surface area contributed by atoms with E-state index in [0.717, 1.165) is 58.4 Å². The van der Waals surface area contributed by atoms with Gasteiger partial charge in [-0.3, -0.25) is 0 Å². The average molecular weight is 583 g/mol. The lowest BCUT2D eigenvalue weighted by atomic mass is 10.0. The van der Waals surface area contributed by atoms with E-state index >= 15 is 8.78 Å². The van der Waals surface area contributed by atoms with E-state index in [9.17, 15) is 13.2 Å². The van der Waals surface area contributed by atoms with Crippen molar-refractivity contribution < 1.29 is 26.7 Å². The van der Waals surface area contributed by atoms with E-state index in [1.807, 2.05) is 0 Å². The number of rotatable bonds is 6. The topological polar surface area (TPSA) is 96.4 Å². The zero-order valence-electron chi connectivity index (χ0n) is 22.5. The molecule has 14 heteroatoms. The van der Waals surface area contributed by atoms with Gasteiger partial charge in [0.25, 0.3) is 0 Å². The summed E-state index contributed by atoms with van der Waals surface area (Å²) in [6.07, 6.45) is 1.63. The smallest absolute Gasteiger partial charge is 0.434 e. The first-order valence-corrected chi connectivity index (χ1v) is 13.4. The van der Waals surface area contributed by atoms with E-state index < -0.39 is 34.9 Å². The summed E-state index contributed by atoms with van der Waals surface area (Å²) in [6.45, 7) is -0.0349. The predicted molar refractivity (Wildman–Crippen MR) is 140 cm³/mol. The highest BCUT2D eigenvalue weighted by molar-refractivity contribution is 5.84. The van der Waals surface area contributed by atoms with Crippen LogP contribution >= 0.6 is 0 Å². The van der Waals surface area contributed by atoms with Crippen molar-refractivity contribution in [1.29, 1.82) is 0 Å². The zero-order chi connectivity index (χ0) is 29.3. The van der Waals surface area contributed by atoms with Crippen LogP contribution in [0.15, 0.2) is 24.7 Å². The summed E-state index contributed by atoms with van der Waals surface area (Å²) in [5, 5.41) is 5.52. The van der Waals surface area contributed by atoms with Gasteiger partial charge in [0.05, 0.1) is 41.7 Å². The maximum atomic E-state index is 15.3. The van der Waals surface area contributed by atoms with E-state index in [4.69, 9.17) is 19.8 Å². The van der Waals surface area contributed by atoms with Crippen LogP contribution < -0.4 is 4.74 Å². The highest BCUT2D eigenvalue weighted by atomic mass is 19.4. The Morgan fingerprint density at radius 1 is 0.976 bits per heavy atom. The molecule has 1 aromatic carbocycles. The molecule has 0 spiro atoms. The monoisotopic (exact) mass is 582 g/mol. The maximum absolute atomic E-state index is 15.3. The molecule has 0 saturated heterocycles. The first kappa shape index (κ1) is 26.4. The molecule has 4 heterocycles. The molecule has 216 valence electrons. The van der Waals surface area contributed by atoms with Gasteiger partial charge in [-0.15, -0.1) is 0 Å². The first-order valence-electron chi connectivity index (χ1n) is 13.4. The maximum Gasteiger partial charge on any atom is 0.434 e. The van der Waals surface area contributed by atoms with Gasteiger partial charge in [-0.2, -0.15) is 18.3 Å². The molecule has 0 radical (unpaired) electrons. The molecule has 7 rings (SSSR count). The van der Waals surface area contributed by atoms with Crippen molar-refractivity contribution in [2.45, 2.75) is 50.7 Å². The van der Waals surface area contributed by atoms with Gasteiger partial charge in [0.1, 0.15) is 29.3 Å². The fourth-order valence-electron chi connectivity index (χ4n) is 5.57. The summed E-state index contributed by atoms with van der Waals surface area (Å²) in [5.41, 5.74) is 1.89. The van der Waals surface area contributed by atoms with Gasteiger partial charge in [-0.05, 0) is 49.8 Å². The van der Waals surface area contributed by atoms with Crippen LogP contribution in [0, 0.1) is 11.6 Å². The second-order valence-electron chi connectivity index (χ2n) is 10.6. The van der Waals surface area contributed by atoms with Gasteiger partial charge >= 0.3 is 6.18 Å². The van der Waals surface area contributed by atoms with Crippen LogP contribution in [-0.2, 0) is 32.6 Å². The quantitative estimate of drug-likeness (QED) is 0.247. The van der Waals surface area contributed by atoms with Gasteiger partial charge in [-0.1, -0.05) is 0 Å². The number of halogens is 5. The number of nitrogens with zero attached hydrogens (tertiary/aromatic N) is 8. The third-order valence-electron chi connectivity index (χ3n) is 7.61. The number of ether oxygens (including phenoxy) is 1. The van der Waals surface area contributed by atoms with Gasteiger partial charge < -0.3 is 9.30 Å². The van der Waals surface area contributed by atoms with Crippen LogP contribution in [0.3, 0.4) is 0 Å². The number of aryl methyl sites for hydroxylation is 3. The lowest BCUT2D eigenvalue weighted by Gasteiger charge is -2.14. The molecular weight excluding hydrogens is 559 g/mol. The average Bonchev–Trinajstić information content (AvgIpc) is 3.64. The summed E-state index contributed by atoms with van der Waals surface area (Å²) in [7, 11) is 2.77. The molecule has 9 nitrogen and oxygen atoms in total. The normalized spacial score (nSPS) is 15.0. The van der Waals surface area contributed by atoms with Gasteiger partial charge in [0.2, 0.25) is 5.88 Å². The molecule has 0 bridgehead atoms. The number of hydrogen-bond acceptors (Lipinski definition) is 7. The minimum Gasteiger partial charge on any atom is -0.480 e. The largest absolute Gasteiger partial charge is 0.480 e. The van der Waals surface area contributed by atoms with E-state index in [2.05, 4.69) is 15.0 Å². The predicted octanol–water partition coefficient (Wildman–Crippen LogP) is 5.40. The fraction of sp³-hybridized carbons (Fsp3) is 0.357. The lowest BCUT2D eigenvalue weighted by Crippen LogP contribution is -2.08. The number of hydrogen-bond donors (Lipinski definition) is 0. The fourth-order valence-corrected chi connectivity index (χ4v) is 5.57. The standard InChI is InChI=1S/C28H23F5N8O/c1-40-11-19(28(31,32)33)37-25(40)20-15(29)8-13(9-16(20)30)10-41-26-21-17(4-3-5-18(21)39-41)36-24(38-26)22-23(14-6-7-14)34-12-35-27(22)42-2/h8-9,11-12,14H,3-7,10H2,1-2H3. The summed E-state index contributed by atoms with van der Waals surface area (Å²) in [5.74, 6) is -1.51. The molecule has 1 saturated carbocycles. The summed E-state index contributed by atoms with van der Waals surface area (Å²) in [6, 6.07) is 2.16. The van der Waals surface area contributed by atoms with Gasteiger partial charge in [0.15, 0.2) is 17.2 Å². The van der Waals surface area contributed by atoms with Crippen molar-refractivity contribution >= 4 is 11.0 Å². The molecule has 5 aromatic rings. The molecule has 42 heavy (non-hydrogen) atoms. The van der Waals surface area contributed by atoms with Crippen LogP contribution in [0.25, 0.3) is 33.8 Å². The minimum atomic E-state index is -4.75. The Morgan fingerprint density at radius 3 is 2.38 bits per heavy atom. The number of aromatic nitrogens is 8. The number of methoxy groups -OCH3 is 1. The van der Waals surface area contributed by atoms with Crippen LogP contribution in [-0.4, -0.2) is 46.4 Å². The van der Waals surface area contributed by atoms with Crippen molar-refractivity contribution in [3.63, 3.8) is 0 Å². The molecule has 0 amide bonds. The lowest BCUT2D eigenvalue weighted by molar-refractivity contribution is -0.140. The molecule has 0 unspecified atom stereocenters. The second-order valence-corrected chi connectivity index (χ2v) is 10.6. The third kappa shape index (κ3) is 4.36. The molecule has 0 N–H and O–H groups in total. The Bertz CT molecular complexity index is 1850. The van der Waals surface area contributed by atoms with Crippen molar-refractivity contribution in [3.8, 4) is 28.7 Å². The first-order chi connectivity index (χ1) is 20.1. The Kier molecular flexibility index (Phi) is 5.99. The van der Waals surface area contributed by atoms with Crippen LogP contribution in [0.4, 0.5) is 22.0 Å². The number of benzene rings is 1. The van der Waals surface area contributed by atoms with E-state index in [1.165, 1.54) is 20.5 Å². The molecule has 4 aromatic heterocycles. The van der Waals surface area contributed by atoms with Crippen molar-refractivity contribution in [2.75, 3.05) is 7.11 Å². The van der Waals surface area contributed by atoms with Gasteiger partial charge in [0, 0.05) is 19.2 Å². The molecular formula is C28H23F5N8O. The zero-order valence-corrected chi connectivity index (χ0v) is 22.5. The third-order valence-corrected chi connectivity index (χ3v) is 7.61. The Labute approximate surface area is 235 Å².